The van der Waals surface area contributed by atoms with Crippen molar-refractivity contribution in [2.75, 3.05) is 12.4 Å². The Labute approximate surface area is 114 Å². The smallest absolute Gasteiger partial charge is 0.183 e. The molecule has 0 amide bonds. The van der Waals surface area contributed by atoms with Gasteiger partial charge in [0.15, 0.2) is 5.82 Å². The van der Waals surface area contributed by atoms with Gasteiger partial charge in [0, 0.05) is 24.3 Å². The molecular weight excluding hydrogens is 258 g/mol. The van der Waals surface area contributed by atoms with E-state index < -0.39 is 0 Å². The fourth-order valence-corrected chi connectivity index (χ4v) is 2.99. The maximum atomic E-state index is 4.60. The van der Waals surface area contributed by atoms with Crippen molar-refractivity contribution in [2.24, 2.45) is 0 Å². The molecule has 0 saturated carbocycles. The second kappa shape index (κ2) is 4.55. The van der Waals surface area contributed by atoms with Gasteiger partial charge in [-0.15, -0.1) is 11.3 Å². The third-order valence-electron chi connectivity index (χ3n) is 3.06. The summed E-state index contributed by atoms with van der Waals surface area (Å²) in [5, 5.41) is 4.24. The molecule has 3 heterocycles. The quantitative estimate of drug-likeness (QED) is 0.776. The van der Waals surface area contributed by atoms with Crippen LogP contribution in [0.1, 0.15) is 10.4 Å². The summed E-state index contributed by atoms with van der Waals surface area (Å²) in [5.74, 6) is 1.44. The largest absolute Gasteiger partial charge is 0.372 e. The molecule has 0 bridgehead atoms. The van der Waals surface area contributed by atoms with E-state index in [1.165, 1.54) is 10.4 Å². The molecule has 0 aromatic carbocycles. The number of fused-ring (bicyclic) bond motifs is 1. The Kier molecular flexibility index (Phi) is 2.87. The van der Waals surface area contributed by atoms with E-state index in [0.717, 1.165) is 16.0 Å². The van der Waals surface area contributed by atoms with Gasteiger partial charge in [0.1, 0.15) is 16.3 Å². The van der Waals surface area contributed by atoms with E-state index in [-0.39, 0.29) is 0 Å². The third kappa shape index (κ3) is 1.94. The Balaban J connectivity index is 2.29. The number of hydrogen-bond donors (Lipinski definition) is 1. The van der Waals surface area contributed by atoms with E-state index in [0.29, 0.717) is 11.5 Å². The van der Waals surface area contributed by atoms with Crippen molar-refractivity contribution >= 4 is 27.4 Å². The second-order valence-corrected chi connectivity index (χ2v) is 5.40. The van der Waals surface area contributed by atoms with Gasteiger partial charge in [-0.05, 0) is 19.4 Å². The summed E-state index contributed by atoms with van der Waals surface area (Å²) in [6.45, 7) is 4.20. The highest BCUT2D eigenvalue weighted by atomic mass is 32.1. The van der Waals surface area contributed by atoms with Crippen LogP contribution in [0.15, 0.2) is 18.6 Å². The highest BCUT2D eigenvalue weighted by Gasteiger charge is 2.15. The topological polar surface area (TPSA) is 63.6 Å². The lowest BCUT2D eigenvalue weighted by molar-refractivity contribution is 1.13. The molecule has 0 radical (unpaired) electrons. The average Bonchev–Trinajstić information content (AvgIpc) is 2.74. The van der Waals surface area contributed by atoms with Crippen molar-refractivity contribution in [1.82, 2.24) is 19.9 Å². The lowest BCUT2D eigenvalue weighted by Gasteiger charge is -2.05. The van der Waals surface area contributed by atoms with Crippen LogP contribution in [0.2, 0.25) is 0 Å². The fraction of sp³-hybridized carbons (Fsp3) is 0.231. The molecule has 0 unspecified atom stereocenters. The highest BCUT2D eigenvalue weighted by molar-refractivity contribution is 7.18. The molecule has 0 atom stereocenters. The van der Waals surface area contributed by atoms with Gasteiger partial charge in [0.25, 0.3) is 0 Å². The molecule has 6 heteroatoms. The van der Waals surface area contributed by atoms with Gasteiger partial charge in [0.05, 0.1) is 11.6 Å². The van der Waals surface area contributed by atoms with Gasteiger partial charge in [-0.3, -0.25) is 4.98 Å². The van der Waals surface area contributed by atoms with Crippen molar-refractivity contribution in [3.63, 3.8) is 0 Å². The maximum Gasteiger partial charge on any atom is 0.183 e. The molecule has 0 spiro atoms. The zero-order valence-corrected chi connectivity index (χ0v) is 11.7. The van der Waals surface area contributed by atoms with Crippen LogP contribution in [0.3, 0.4) is 0 Å². The molecule has 0 fully saturated rings. The minimum absolute atomic E-state index is 0.603. The molecule has 0 saturated heterocycles. The summed E-state index contributed by atoms with van der Waals surface area (Å²) in [6, 6.07) is 0. The summed E-state index contributed by atoms with van der Waals surface area (Å²) >= 11 is 1.68. The maximum absolute atomic E-state index is 4.60. The van der Waals surface area contributed by atoms with Crippen molar-refractivity contribution < 1.29 is 0 Å². The zero-order chi connectivity index (χ0) is 13.4. The van der Waals surface area contributed by atoms with Crippen LogP contribution in [0.5, 0.6) is 0 Å². The van der Waals surface area contributed by atoms with Crippen LogP contribution in [0, 0.1) is 13.8 Å². The van der Waals surface area contributed by atoms with Gasteiger partial charge < -0.3 is 5.32 Å². The van der Waals surface area contributed by atoms with Crippen LogP contribution in [-0.4, -0.2) is 27.0 Å². The van der Waals surface area contributed by atoms with Gasteiger partial charge in [-0.2, -0.15) is 0 Å². The Morgan fingerprint density at radius 3 is 2.68 bits per heavy atom. The predicted octanol–water partition coefficient (Wildman–Crippen LogP) is 2.81. The minimum Gasteiger partial charge on any atom is -0.372 e. The van der Waals surface area contributed by atoms with Gasteiger partial charge in [-0.25, -0.2) is 15.0 Å². The SMILES string of the molecule is CNc1nc(-c2cnccn2)nc2sc(C)c(C)c12. The van der Waals surface area contributed by atoms with Crippen LogP contribution >= 0.6 is 11.3 Å². The zero-order valence-electron chi connectivity index (χ0n) is 10.9. The lowest BCUT2D eigenvalue weighted by Crippen LogP contribution is -1.99. The Hall–Kier alpha value is -2.08. The van der Waals surface area contributed by atoms with Crippen molar-refractivity contribution in [2.45, 2.75) is 13.8 Å². The number of anilines is 1. The van der Waals surface area contributed by atoms with E-state index in [9.17, 15) is 0 Å². The first-order valence-electron chi connectivity index (χ1n) is 5.92. The number of aromatic nitrogens is 4. The molecule has 0 aliphatic rings. The first kappa shape index (κ1) is 12.0. The number of hydrogen-bond acceptors (Lipinski definition) is 6. The molecule has 1 N–H and O–H groups in total. The van der Waals surface area contributed by atoms with Crippen LogP contribution in [0.25, 0.3) is 21.7 Å². The van der Waals surface area contributed by atoms with Crippen molar-refractivity contribution in [3.05, 3.63) is 29.0 Å². The first-order chi connectivity index (χ1) is 9.20. The summed E-state index contributed by atoms with van der Waals surface area (Å²) in [5.41, 5.74) is 1.92. The molecule has 0 aliphatic carbocycles. The van der Waals surface area contributed by atoms with Gasteiger partial charge in [-0.1, -0.05) is 0 Å². The van der Waals surface area contributed by atoms with E-state index in [1.54, 1.807) is 29.9 Å². The molecule has 3 aromatic heterocycles. The van der Waals surface area contributed by atoms with E-state index in [2.05, 4.69) is 39.1 Å². The first-order valence-corrected chi connectivity index (χ1v) is 6.74. The van der Waals surface area contributed by atoms with Crippen LogP contribution < -0.4 is 5.32 Å². The monoisotopic (exact) mass is 271 g/mol. The third-order valence-corrected chi connectivity index (χ3v) is 4.16. The number of aryl methyl sites for hydroxylation is 2. The van der Waals surface area contributed by atoms with Gasteiger partial charge in [0.2, 0.25) is 0 Å². The molecule has 3 aromatic rings. The fourth-order valence-electron chi connectivity index (χ4n) is 1.96. The summed E-state index contributed by atoms with van der Waals surface area (Å²) in [4.78, 5) is 19.7. The van der Waals surface area contributed by atoms with Crippen LogP contribution in [0.4, 0.5) is 5.82 Å². The Morgan fingerprint density at radius 1 is 1.16 bits per heavy atom. The molecular formula is C13H13N5S. The van der Waals surface area contributed by atoms with Gasteiger partial charge >= 0.3 is 0 Å². The van der Waals surface area contributed by atoms with Crippen molar-refractivity contribution in [3.8, 4) is 11.5 Å². The highest BCUT2D eigenvalue weighted by Crippen LogP contribution is 2.34. The molecule has 19 heavy (non-hydrogen) atoms. The summed E-state index contributed by atoms with van der Waals surface area (Å²) in [6.07, 6.45) is 4.96. The molecule has 0 aliphatic heterocycles. The normalized spacial score (nSPS) is 10.9. The molecule has 96 valence electrons. The number of nitrogens with one attached hydrogen (secondary N) is 1. The number of nitrogens with zero attached hydrogens (tertiary/aromatic N) is 4. The lowest BCUT2D eigenvalue weighted by atomic mass is 10.2. The average molecular weight is 271 g/mol. The summed E-state index contributed by atoms with van der Waals surface area (Å²) in [7, 11) is 1.87. The van der Waals surface area contributed by atoms with Crippen LogP contribution in [-0.2, 0) is 0 Å². The number of thiophene rings is 1. The molecule has 3 rings (SSSR count). The van der Waals surface area contributed by atoms with E-state index >= 15 is 0 Å². The Bertz CT molecular complexity index is 736. The summed E-state index contributed by atoms with van der Waals surface area (Å²) < 4.78 is 0. The minimum atomic E-state index is 0.603. The molecule has 5 nitrogen and oxygen atoms in total. The van der Waals surface area contributed by atoms with E-state index in [4.69, 9.17) is 0 Å². The Morgan fingerprint density at radius 2 is 2.00 bits per heavy atom. The van der Waals surface area contributed by atoms with Crippen molar-refractivity contribution in [1.29, 1.82) is 0 Å². The number of rotatable bonds is 2. The van der Waals surface area contributed by atoms with E-state index in [1.807, 2.05) is 7.05 Å². The second-order valence-electron chi connectivity index (χ2n) is 4.20. The standard InChI is InChI=1S/C13H13N5S/c1-7-8(2)19-13-10(7)12(14-3)17-11(18-13)9-6-15-4-5-16-9/h4-6H,1-3H3,(H,14,17,18). The predicted molar refractivity (Wildman–Crippen MR) is 77.5 cm³/mol.